The molecule has 4 rings (SSSR count). The first-order valence-electron chi connectivity index (χ1n) is 9.48. The number of urea groups is 1. The molecule has 0 saturated carbocycles. The number of carbonyl (C=O) groups is 4. The maximum atomic E-state index is 13.2. The van der Waals surface area contributed by atoms with E-state index >= 15 is 0 Å². The van der Waals surface area contributed by atoms with E-state index in [0.29, 0.717) is 18.5 Å². The fourth-order valence-corrected chi connectivity index (χ4v) is 4.95. The van der Waals surface area contributed by atoms with Crippen molar-refractivity contribution in [2.45, 2.75) is 38.3 Å². The van der Waals surface area contributed by atoms with Gasteiger partial charge in [0, 0.05) is 29.5 Å². The molecule has 2 aromatic rings. The predicted octanol–water partition coefficient (Wildman–Crippen LogP) is 2.35. The molecular weight excluding hydrogens is 390 g/mol. The summed E-state index contributed by atoms with van der Waals surface area (Å²) in [5.74, 6) is -0.787. The summed E-state index contributed by atoms with van der Waals surface area (Å²) in [5, 5.41) is 7.49. The summed E-state index contributed by atoms with van der Waals surface area (Å²) in [7, 11) is 0. The van der Waals surface area contributed by atoms with Crippen LogP contribution in [0.25, 0.3) is 0 Å². The van der Waals surface area contributed by atoms with Crippen molar-refractivity contribution in [3.05, 3.63) is 57.3 Å². The lowest BCUT2D eigenvalue weighted by Crippen LogP contribution is -2.46. The highest BCUT2D eigenvalue weighted by Gasteiger charge is 2.54. The molecule has 2 aliphatic rings. The molecule has 7 nitrogen and oxygen atoms in total. The molecule has 29 heavy (non-hydrogen) atoms. The zero-order chi connectivity index (χ0) is 20.6. The fraction of sp³-hybridized carbons (Fsp3) is 0.333. The minimum Gasteiger partial charge on any atom is -0.352 e. The van der Waals surface area contributed by atoms with Gasteiger partial charge in [0.1, 0.15) is 5.54 Å². The van der Waals surface area contributed by atoms with Crippen molar-refractivity contribution in [2.75, 3.05) is 6.54 Å². The number of hydrogen-bond acceptors (Lipinski definition) is 5. The summed E-state index contributed by atoms with van der Waals surface area (Å²) in [5.41, 5.74) is 1.10. The number of imide groups is 1. The van der Waals surface area contributed by atoms with Crippen LogP contribution in [0.2, 0.25) is 0 Å². The zero-order valence-electron chi connectivity index (χ0n) is 16.0. The molecule has 1 aromatic carbocycles. The monoisotopic (exact) mass is 411 g/mol. The summed E-state index contributed by atoms with van der Waals surface area (Å²) in [4.78, 5) is 51.6. The van der Waals surface area contributed by atoms with E-state index in [-0.39, 0.29) is 24.1 Å². The van der Waals surface area contributed by atoms with Crippen LogP contribution in [-0.4, -0.2) is 35.1 Å². The van der Waals surface area contributed by atoms with Crippen molar-refractivity contribution in [1.29, 1.82) is 0 Å². The van der Waals surface area contributed by atoms with Crippen molar-refractivity contribution in [3.63, 3.8) is 0 Å². The van der Waals surface area contributed by atoms with Gasteiger partial charge in [-0.2, -0.15) is 0 Å². The molecule has 2 heterocycles. The molecule has 8 heteroatoms. The second-order valence-corrected chi connectivity index (χ2v) is 8.37. The molecule has 1 aliphatic carbocycles. The van der Waals surface area contributed by atoms with E-state index in [2.05, 4.69) is 10.6 Å². The summed E-state index contributed by atoms with van der Waals surface area (Å²) in [6.45, 7) is 1.52. The van der Waals surface area contributed by atoms with Gasteiger partial charge in [-0.15, -0.1) is 11.3 Å². The number of amides is 4. The van der Waals surface area contributed by atoms with Crippen molar-refractivity contribution in [1.82, 2.24) is 15.5 Å². The Labute approximate surface area is 172 Å². The molecule has 150 valence electrons. The Bertz CT molecular complexity index is 998. The molecule has 1 fully saturated rings. The van der Waals surface area contributed by atoms with Gasteiger partial charge in [-0.25, -0.2) is 4.79 Å². The van der Waals surface area contributed by atoms with E-state index in [4.69, 9.17) is 0 Å². The Morgan fingerprint density at radius 1 is 1.21 bits per heavy atom. The fourth-order valence-electron chi connectivity index (χ4n) is 3.95. The molecule has 1 saturated heterocycles. The summed E-state index contributed by atoms with van der Waals surface area (Å²) in [6.07, 6.45) is 2.27. The standard InChI is InChI=1S/C21H21N3O4S/c1-13(25)22-11-14-4-6-15(7-5-14)17(26)12-24-19(27)21(23-20(24)28)9-2-3-18-16(21)8-10-29-18/h4-8,10H,2-3,9,11-12H2,1H3,(H,22,25)(H,23,28)/t21-/m1/s1. The quantitative estimate of drug-likeness (QED) is 0.583. The molecule has 4 amide bonds. The van der Waals surface area contributed by atoms with E-state index in [1.54, 1.807) is 35.6 Å². The number of aryl methyl sites for hydroxylation is 1. The lowest BCUT2D eigenvalue weighted by Gasteiger charge is -2.31. The predicted molar refractivity (Wildman–Crippen MR) is 107 cm³/mol. The molecule has 0 bridgehead atoms. The second-order valence-electron chi connectivity index (χ2n) is 7.37. The van der Waals surface area contributed by atoms with Crippen LogP contribution in [0.5, 0.6) is 0 Å². The second kappa shape index (κ2) is 7.44. The van der Waals surface area contributed by atoms with Crippen LogP contribution in [0.1, 0.15) is 46.1 Å². The molecule has 2 N–H and O–H groups in total. The number of carbonyl (C=O) groups excluding carboxylic acids is 4. The van der Waals surface area contributed by atoms with Gasteiger partial charge >= 0.3 is 6.03 Å². The summed E-state index contributed by atoms with van der Waals surface area (Å²) >= 11 is 1.59. The number of fused-ring (bicyclic) bond motifs is 2. The topological polar surface area (TPSA) is 95.6 Å². The maximum absolute atomic E-state index is 13.2. The zero-order valence-corrected chi connectivity index (χ0v) is 16.8. The Morgan fingerprint density at radius 3 is 2.69 bits per heavy atom. The number of ketones is 1. The molecule has 1 atom stereocenters. The average molecular weight is 411 g/mol. The molecule has 1 aliphatic heterocycles. The van der Waals surface area contributed by atoms with E-state index < -0.39 is 11.6 Å². The minimum atomic E-state index is -1.03. The van der Waals surface area contributed by atoms with E-state index in [1.807, 2.05) is 11.4 Å². The van der Waals surface area contributed by atoms with Gasteiger partial charge in [0.05, 0.1) is 6.54 Å². The highest BCUT2D eigenvalue weighted by Crippen LogP contribution is 2.42. The molecule has 0 unspecified atom stereocenters. The van der Waals surface area contributed by atoms with Crippen LogP contribution in [0, 0.1) is 0 Å². The van der Waals surface area contributed by atoms with Gasteiger partial charge < -0.3 is 10.6 Å². The van der Waals surface area contributed by atoms with Gasteiger partial charge in [0.25, 0.3) is 5.91 Å². The number of thiophene rings is 1. The van der Waals surface area contributed by atoms with Gasteiger partial charge in [0.15, 0.2) is 5.78 Å². The van der Waals surface area contributed by atoms with E-state index in [9.17, 15) is 19.2 Å². The Morgan fingerprint density at radius 2 is 1.97 bits per heavy atom. The number of rotatable bonds is 5. The van der Waals surface area contributed by atoms with Gasteiger partial charge in [-0.05, 0) is 36.3 Å². The smallest absolute Gasteiger partial charge is 0.325 e. The SMILES string of the molecule is CC(=O)NCc1ccc(C(=O)CN2C(=O)N[C@@]3(CCCc4sccc43)C2=O)cc1. The summed E-state index contributed by atoms with van der Waals surface area (Å²) in [6, 6.07) is 8.15. The largest absolute Gasteiger partial charge is 0.352 e. The lowest BCUT2D eigenvalue weighted by molar-refractivity contribution is -0.131. The van der Waals surface area contributed by atoms with Crippen molar-refractivity contribution >= 4 is 35.0 Å². The maximum Gasteiger partial charge on any atom is 0.325 e. The normalized spacial score (nSPS) is 20.5. The third-order valence-electron chi connectivity index (χ3n) is 5.46. The van der Waals surface area contributed by atoms with Gasteiger partial charge in [-0.1, -0.05) is 24.3 Å². The lowest BCUT2D eigenvalue weighted by atomic mass is 9.80. The van der Waals surface area contributed by atoms with Crippen molar-refractivity contribution in [3.8, 4) is 0 Å². The van der Waals surface area contributed by atoms with E-state index in [0.717, 1.165) is 33.7 Å². The first kappa shape index (κ1) is 19.3. The third-order valence-corrected chi connectivity index (χ3v) is 6.44. The highest BCUT2D eigenvalue weighted by atomic mass is 32.1. The van der Waals surface area contributed by atoms with Crippen LogP contribution in [0.3, 0.4) is 0 Å². The first-order chi connectivity index (χ1) is 13.9. The van der Waals surface area contributed by atoms with Gasteiger partial charge in [-0.3, -0.25) is 19.3 Å². The number of benzene rings is 1. The third kappa shape index (κ3) is 3.44. The number of nitrogens with zero attached hydrogens (tertiary/aromatic N) is 1. The highest BCUT2D eigenvalue weighted by molar-refractivity contribution is 7.10. The number of nitrogens with one attached hydrogen (secondary N) is 2. The van der Waals surface area contributed by atoms with Crippen molar-refractivity contribution < 1.29 is 19.2 Å². The van der Waals surface area contributed by atoms with E-state index in [1.165, 1.54) is 6.92 Å². The molecule has 0 radical (unpaired) electrons. The van der Waals surface area contributed by atoms with Crippen LogP contribution in [-0.2, 0) is 28.1 Å². The van der Waals surface area contributed by atoms with Crippen molar-refractivity contribution in [2.24, 2.45) is 0 Å². The minimum absolute atomic E-state index is 0.130. The Hall–Kier alpha value is -3.00. The molecule has 1 aromatic heterocycles. The first-order valence-corrected chi connectivity index (χ1v) is 10.4. The Balaban J connectivity index is 1.49. The van der Waals surface area contributed by atoms with Gasteiger partial charge in [0.2, 0.25) is 5.91 Å². The molecular formula is C21H21N3O4S. The number of hydrogen-bond donors (Lipinski definition) is 2. The molecule has 1 spiro atoms. The Kier molecular flexibility index (Phi) is 4.96. The van der Waals surface area contributed by atoms with Crippen LogP contribution in [0.4, 0.5) is 4.79 Å². The average Bonchev–Trinajstić information content (AvgIpc) is 3.27. The van der Waals surface area contributed by atoms with Crippen LogP contribution < -0.4 is 10.6 Å². The van der Waals surface area contributed by atoms with Crippen LogP contribution in [0.15, 0.2) is 35.7 Å². The number of Topliss-reactive ketones (excluding diaryl/α,β-unsaturated/α-hetero) is 1. The van der Waals surface area contributed by atoms with Crippen LogP contribution >= 0.6 is 11.3 Å². The summed E-state index contributed by atoms with van der Waals surface area (Å²) < 4.78 is 0.